The average Bonchev–Trinajstić information content (AvgIpc) is 2.53. The lowest BCUT2D eigenvalue weighted by atomic mass is 9.89. The molecule has 0 saturated carbocycles. The molecule has 1 fully saturated rings. The average molecular weight is 381 g/mol. The summed E-state index contributed by atoms with van der Waals surface area (Å²) in [5.74, 6) is -1.46. The number of rotatable bonds is 1. The number of imide groups is 1. The van der Waals surface area contributed by atoms with Gasteiger partial charge in [0.2, 0.25) is 11.8 Å². The first kappa shape index (κ1) is 17.5. The van der Waals surface area contributed by atoms with E-state index in [1.165, 1.54) is 0 Å². The summed E-state index contributed by atoms with van der Waals surface area (Å²) in [6, 6.07) is 5.00. The van der Waals surface area contributed by atoms with Gasteiger partial charge < -0.3 is 0 Å². The third-order valence-corrected chi connectivity index (χ3v) is 4.34. The molecule has 23 heavy (non-hydrogen) atoms. The maximum atomic E-state index is 14.2. The number of nitrogens with one attached hydrogen (secondary N) is 1. The Hall–Kier alpha value is -1.82. The lowest BCUT2D eigenvalue weighted by Crippen LogP contribution is -2.39. The number of amides is 2. The van der Waals surface area contributed by atoms with Crippen molar-refractivity contribution in [2.45, 2.75) is 39.5 Å². The molecule has 4 nitrogen and oxygen atoms in total. The van der Waals surface area contributed by atoms with Crippen molar-refractivity contribution in [3.05, 3.63) is 39.7 Å². The molecule has 1 unspecified atom stereocenters. The molecule has 0 aliphatic carbocycles. The van der Waals surface area contributed by atoms with Gasteiger partial charge in [-0.15, -0.1) is 0 Å². The summed E-state index contributed by atoms with van der Waals surface area (Å²) in [5, 5.41) is 2.69. The molecule has 2 aromatic rings. The van der Waals surface area contributed by atoms with E-state index in [0.29, 0.717) is 33.1 Å². The van der Waals surface area contributed by atoms with Crippen LogP contribution in [0.2, 0.25) is 0 Å². The Morgan fingerprint density at radius 3 is 2.65 bits per heavy atom. The van der Waals surface area contributed by atoms with Gasteiger partial charge >= 0.3 is 0 Å². The first-order chi connectivity index (χ1) is 11.0. The molecule has 0 spiro atoms. The van der Waals surface area contributed by atoms with Crippen molar-refractivity contribution in [1.82, 2.24) is 10.3 Å². The van der Waals surface area contributed by atoms with Crippen molar-refractivity contribution in [1.29, 1.82) is 0 Å². The second-order valence-electron chi connectivity index (χ2n) is 5.09. The molecule has 2 heterocycles. The number of carbonyl (C=O) groups excluding carboxylic acids is 2. The highest BCUT2D eigenvalue weighted by molar-refractivity contribution is 9.10. The zero-order chi connectivity index (χ0) is 17.1. The van der Waals surface area contributed by atoms with E-state index in [9.17, 15) is 14.0 Å². The summed E-state index contributed by atoms with van der Waals surface area (Å²) in [4.78, 5) is 27.6. The first-order valence-electron chi connectivity index (χ1n) is 7.56. The summed E-state index contributed by atoms with van der Waals surface area (Å²) in [6.45, 7) is 5.79. The van der Waals surface area contributed by atoms with Crippen LogP contribution < -0.4 is 5.32 Å². The predicted molar refractivity (Wildman–Crippen MR) is 90.6 cm³/mol. The third kappa shape index (κ3) is 3.42. The number of aryl methyl sites for hydroxylation is 1. The molecule has 6 heteroatoms. The SMILES string of the molecule is CC.Cc1nc2ccc(Br)c(F)c2cc1C1CCC(=O)NC1=O. The molecule has 1 aliphatic rings. The quantitative estimate of drug-likeness (QED) is 0.760. The number of fused-ring (bicyclic) bond motifs is 1. The van der Waals surface area contributed by atoms with E-state index in [1.54, 1.807) is 25.1 Å². The number of benzene rings is 1. The molecular weight excluding hydrogens is 363 g/mol. The molecule has 1 aliphatic heterocycles. The number of piperidine rings is 1. The van der Waals surface area contributed by atoms with Crippen molar-refractivity contribution >= 4 is 38.6 Å². The van der Waals surface area contributed by atoms with Gasteiger partial charge in [-0.3, -0.25) is 19.9 Å². The molecule has 1 aromatic heterocycles. The summed E-state index contributed by atoms with van der Waals surface area (Å²) < 4.78 is 14.6. The van der Waals surface area contributed by atoms with Crippen molar-refractivity contribution in [3.8, 4) is 0 Å². The van der Waals surface area contributed by atoms with Crippen LogP contribution in [0.15, 0.2) is 22.7 Å². The van der Waals surface area contributed by atoms with Gasteiger partial charge in [0.25, 0.3) is 0 Å². The number of carbonyl (C=O) groups is 2. The number of hydrogen-bond donors (Lipinski definition) is 1. The van der Waals surface area contributed by atoms with E-state index in [2.05, 4.69) is 26.2 Å². The zero-order valence-electron chi connectivity index (χ0n) is 13.2. The topological polar surface area (TPSA) is 59.1 Å². The van der Waals surface area contributed by atoms with Crippen LogP contribution in [0.5, 0.6) is 0 Å². The van der Waals surface area contributed by atoms with E-state index < -0.39 is 11.7 Å². The van der Waals surface area contributed by atoms with Crippen LogP contribution >= 0.6 is 15.9 Å². The van der Waals surface area contributed by atoms with Gasteiger partial charge in [0, 0.05) is 17.5 Å². The van der Waals surface area contributed by atoms with Gasteiger partial charge in [-0.2, -0.15) is 0 Å². The van der Waals surface area contributed by atoms with Gasteiger partial charge in [-0.05, 0) is 53.0 Å². The van der Waals surface area contributed by atoms with E-state index in [4.69, 9.17) is 0 Å². The number of nitrogens with zero attached hydrogens (tertiary/aromatic N) is 1. The standard InChI is InChI=1S/C15H12BrFN2O2.C2H6/c1-7-9(8-2-5-13(20)19-15(8)21)6-10-12(18-7)4-3-11(16)14(10)17;1-2/h3-4,6,8H,2,5H2,1H3,(H,19,20,21);1-2H3. The fourth-order valence-electron chi connectivity index (χ4n) is 2.64. The summed E-state index contributed by atoms with van der Waals surface area (Å²) in [7, 11) is 0. The van der Waals surface area contributed by atoms with Gasteiger partial charge in [-0.25, -0.2) is 4.39 Å². The van der Waals surface area contributed by atoms with Crippen LogP contribution in [-0.2, 0) is 9.59 Å². The van der Waals surface area contributed by atoms with Gasteiger partial charge in [-0.1, -0.05) is 13.8 Å². The van der Waals surface area contributed by atoms with E-state index in [0.717, 1.165) is 0 Å². The van der Waals surface area contributed by atoms with Crippen molar-refractivity contribution in [3.63, 3.8) is 0 Å². The van der Waals surface area contributed by atoms with Crippen LogP contribution in [0.3, 0.4) is 0 Å². The lowest BCUT2D eigenvalue weighted by molar-refractivity contribution is -0.134. The maximum absolute atomic E-state index is 14.2. The Balaban J connectivity index is 0.000000924. The van der Waals surface area contributed by atoms with E-state index >= 15 is 0 Å². The first-order valence-corrected chi connectivity index (χ1v) is 8.35. The zero-order valence-corrected chi connectivity index (χ0v) is 14.8. The molecule has 0 radical (unpaired) electrons. The van der Waals surface area contributed by atoms with Crippen LogP contribution in [0.25, 0.3) is 10.9 Å². The second kappa shape index (κ2) is 7.17. The predicted octanol–water partition coefficient (Wildman–Crippen LogP) is 3.99. The number of aromatic nitrogens is 1. The minimum atomic E-state index is -0.460. The minimum absolute atomic E-state index is 0.267. The number of halogens is 2. The fraction of sp³-hybridized carbons (Fsp3) is 0.353. The van der Waals surface area contributed by atoms with Gasteiger partial charge in [0.1, 0.15) is 5.82 Å². The molecule has 122 valence electrons. The Bertz CT molecular complexity index is 777. The largest absolute Gasteiger partial charge is 0.296 e. The molecule has 1 saturated heterocycles. The van der Waals surface area contributed by atoms with E-state index in [1.807, 2.05) is 13.8 Å². The Morgan fingerprint density at radius 1 is 1.30 bits per heavy atom. The Kier molecular flexibility index (Phi) is 5.46. The fourth-order valence-corrected chi connectivity index (χ4v) is 2.98. The Morgan fingerprint density at radius 2 is 2.00 bits per heavy atom. The van der Waals surface area contributed by atoms with Gasteiger partial charge in [0.15, 0.2) is 0 Å². The molecule has 0 bridgehead atoms. The molecule has 2 amide bonds. The lowest BCUT2D eigenvalue weighted by Gasteiger charge is -2.22. The smallest absolute Gasteiger partial charge is 0.234 e. The third-order valence-electron chi connectivity index (χ3n) is 3.73. The van der Waals surface area contributed by atoms with E-state index in [-0.39, 0.29) is 18.2 Å². The normalized spacial score (nSPS) is 17.5. The Labute approximate surface area is 142 Å². The van der Waals surface area contributed by atoms with Gasteiger partial charge in [0.05, 0.1) is 15.9 Å². The highest BCUT2D eigenvalue weighted by Gasteiger charge is 2.29. The van der Waals surface area contributed by atoms with Crippen molar-refractivity contribution < 1.29 is 14.0 Å². The second-order valence-corrected chi connectivity index (χ2v) is 5.95. The molecule has 1 atom stereocenters. The molecule has 1 N–H and O–H groups in total. The summed E-state index contributed by atoms with van der Waals surface area (Å²) in [5.41, 5.74) is 1.90. The van der Waals surface area contributed by atoms with Crippen LogP contribution in [0.1, 0.15) is 43.9 Å². The summed E-state index contributed by atoms with van der Waals surface area (Å²) >= 11 is 3.15. The summed E-state index contributed by atoms with van der Waals surface area (Å²) in [6.07, 6.45) is 0.711. The monoisotopic (exact) mass is 380 g/mol. The molecule has 3 rings (SSSR count). The molecule has 1 aromatic carbocycles. The van der Waals surface area contributed by atoms with Crippen LogP contribution in [0, 0.1) is 12.7 Å². The highest BCUT2D eigenvalue weighted by Crippen LogP contribution is 2.31. The number of pyridine rings is 1. The van der Waals surface area contributed by atoms with Crippen LogP contribution in [0.4, 0.5) is 4.39 Å². The van der Waals surface area contributed by atoms with Crippen molar-refractivity contribution in [2.75, 3.05) is 0 Å². The minimum Gasteiger partial charge on any atom is -0.296 e. The molecular formula is C17H18BrFN2O2. The highest BCUT2D eigenvalue weighted by atomic mass is 79.9. The maximum Gasteiger partial charge on any atom is 0.234 e. The van der Waals surface area contributed by atoms with Crippen LogP contribution in [-0.4, -0.2) is 16.8 Å². The number of hydrogen-bond acceptors (Lipinski definition) is 3. The van der Waals surface area contributed by atoms with Crippen molar-refractivity contribution in [2.24, 2.45) is 0 Å².